The zero-order chi connectivity index (χ0) is 17.8. The van der Waals surface area contributed by atoms with Crippen LogP contribution in [0.5, 0.6) is 0 Å². The largest absolute Gasteiger partial charge is 0.481 e. The zero-order valence-corrected chi connectivity index (χ0v) is 13.5. The van der Waals surface area contributed by atoms with Gasteiger partial charge in [-0.05, 0) is 48.4 Å². The number of hydrogen-bond acceptors (Lipinski definition) is 3. The van der Waals surface area contributed by atoms with Crippen LogP contribution in [0.3, 0.4) is 0 Å². The van der Waals surface area contributed by atoms with E-state index >= 15 is 0 Å². The van der Waals surface area contributed by atoms with Crippen molar-refractivity contribution in [2.24, 2.45) is 0 Å². The molecule has 0 atom stereocenters. The van der Waals surface area contributed by atoms with Crippen molar-refractivity contribution in [3.63, 3.8) is 0 Å². The lowest BCUT2D eigenvalue weighted by atomic mass is 9.76. The van der Waals surface area contributed by atoms with E-state index in [9.17, 15) is 24.6 Å². The zero-order valence-electron chi connectivity index (χ0n) is 13.5. The Bertz CT molecular complexity index is 618. The van der Waals surface area contributed by atoms with Gasteiger partial charge < -0.3 is 15.3 Å². The summed E-state index contributed by atoms with van der Waals surface area (Å²) < 4.78 is 0. The van der Waals surface area contributed by atoms with Crippen LogP contribution in [-0.2, 0) is 39.1 Å². The van der Waals surface area contributed by atoms with E-state index in [1.807, 2.05) is 13.8 Å². The van der Waals surface area contributed by atoms with Gasteiger partial charge in [0.25, 0.3) is 0 Å². The fourth-order valence-corrected chi connectivity index (χ4v) is 2.85. The first-order valence-electron chi connectivity index (χ1n) is 7.52. The Kier molecular flexibility index (Phi) is 5.90. The van der Waals surface area contributed by atoms with E-state index in [0.717, 1.165) is 11.1 Å². The number of rotatable bonds is 8. The maximum Gasteiger partial charge on any atom is 0.325 e. The molecule has 23 heavy (non-hydrogen) atoms. The summed E-state index contributed by atoms with van der Waals surface area (Å²) in [6, 6.07) is 3.16. The fourth-order valence-electron chi connectivity index (χ4n) is 2.85. The Morgan fingerprint density at radius 2 is 1.48 bits per heavy atom. The van der Waals surface area contributed by atoms with Crippen molar-refractivity contribution in [2.75, 3.05) is 0 Å². The molecule has 0 aliphatic rings. The molecule has 0 spiro atoms. The average Bonchev–Trinajstić information content (AvgIpc) is 2.50. The number of carboxylic acid groups (broad SMARTS) is 3. The van der Waals surface area contributed by atoms with E-state index in [-0.39, 0.29) is 12.0 Å². The summed E-state index contributed by atoms with van der Waals surface area (Å²) >= 11 is 0. The highest BCUT2D eigenvalue weighted by Gasteiger charge is 2.45. The van der Waals surface area contributed by atoms with Gasteiger partial charge in [0.05, 0.1) is 0 Å². The van der Waals surface area contributed by atoms with Crippen molar-refractivity contribution in [1.82, 2.24) is 0 Å². The van der Waals surface area contributed by atoms with Crippen LogP contribution in [0.4, 0.5) is 0 Å². The minimum Gasteiger partial charge on any atom is -0.481 e. The minimum absolute atomic E-state index is 0.0232. The molecule has 0 amide bonds. The van der Waals surface area contributed by atoms with Crippen molar-refractivity contribution < 1.29 is 29.7 Å². The average molecular weight is 322 g/mol. The van der Waals surface area contributed by atoms with Crippen LogP contribution >= 0.6 is 0 Å². The van der Waals surface area contributed by atoms with Crippen LogP contribution in [0.2, 0.25) is 0 Å². The van der Waals surface area contributed by atoms with Crippen LogP contribution < -0.4 is 0 Å². The first kappa shape index (κ1) is 18.7. The molecule has 0 saturated carbocycles. The van der Waals surface area contributed by atoms with Crippen molar-refractivity contribution in [2.45, 2.75) is 51.9 Å². The van der Waals surface area contributed by atoms with E-state index in [0.29, 0.717) is 24.8 Å². The molecule has 0 fully saturated rings. The number of benzene rings is 1. The number of hydrogen-bond donors (Lipinski definition) is 3. The molecule has 0 aliphatic heterocycles. The first-order chi connectivity index (χ1) is 10.7. The number of carboxylic acids is 3. The molecule has 1 aromatic rings. The van der Waals surface area contributed by atoms with Gasteiger partial charge in [0.2, 0.25) is 0 Å². The summed E-state index contributed by atoms with van der Waals surface area (Å²) in [5, 5.41) is 27.7. The van der Waals surface area contributed by atoms with Gasteiger partial charge in [0, 0.05) is 6.42 Å². The number of carbonyl (C=O) groups is 3. The van der Waals surface area contributed by atoms with Crippen LogP contribution in [0.25, 0.3) is 0 Å². The van der Waals surface area contributed by atoms with E-state index in [1.54, 1.807) is 6.07 Å². The number of aryl methyl sites for hydroxylation is 1. The van der Waals surface area contributed by atoms with Crippen molar-refractivity contribution >= 4 is 17.9 Å². The molecule has 0 aromatic heterocycles. The minimum atomic E-state index is -2.03. The lowest BCUT2D eigenvalue weighted by Crippen LogP contribution is -2.41. The van der Waals surface area contributed by atoms with Crippen molar-refractivity contribution in [1.29, 1.82) is 0 Å². The van der Waals surface area contributed by atoms with E-state index in [2.05, 4.69) is 0 Å². The Morgan fingerprint density at radius 1 is 0.957 bits per heavy atom. The van der Waals surface area contributed by atoms with E-state index < -0.39 is 23.3 Å². The van der Waals surface area contributed by atoms with Crippen LogP contribution in [-0.4, -0.2) is 33.2 Å². The Hall–Kier alpha value is -2.37. The van der Waals surface area contributed by atoms with E-state index in [1.165, 1.54) is 13.0 Å². The molecule has 0 heterocycles. The van der Waals surface area contributed by atoms with Crippen LogP contribution in [0.15, 0.2) is 12.1 Å². The van der Waals surface area contributed by atoms with Gasteiger partial charge in [-0.3, -0.25) is 14.4 Å². The predicted molar refractivity (Wildman–Crippen MR) is 83.8 cm³/mol. The van der Waals surface area contributed by atoms with Gasteiger partial charge in [0.1, 0.15) is 0 Å². The van der Waals surface area contributed by atoms with Gasteiger partial charge in [-0.15, -0.1) is 0 Å². The molecule has 6 heteroatoms. The van der Waals surface area contributed by atoms with Gasteiger partial charge in [-0.2, -0.15) is 0 Å². The molecular formula is C17H22O6. The molecular weight excluding hydrogens is 300 g/mol. The lowest BCUT2D eigenvalue weighted by Gasteiger charge is -2.26. The lowest BCUT2D eigenvalue weighted by molar-refractivity contribution is -0.156. The van der Waals surface area contributed by atoms with E-state index in [4.69, 9.17) is 5.11 Å². The smallest absolute Gasteiger partial charge is 0.325 e. The summed E-state index contributed by atoms with van der Waals surface area (Å²) in [4.78, 5) is 33.9. The predicted octanol–water partition coefficient (Wildman–Crippen LogP) is 2.26. The monoisotopic (exact) mass is 322 g/mol. The van der Waals surface area contributed by atoms with Crippen LogP contribution in [0.1, 0.15) is 49.4 Å². The second-order valence-corrected chi connectivity index (χ2v) is 5.57. The normalized spacial score (nSPS) is 11.3. The third kappa shape index (κ3) is 3.52. The van der Waals surface area contributed by atoms with Gasteiger partial charge >= 0.3 is 17.9 Å². The second kappa shape index (κ2) is 7.26. The van der Waals surface area contributed by atoms with Crippen molar-refractivity contribution in [3.8, 4) is 0 Å². The fraction of sp³-hybridized carbons (Fsp3) is 0.471. The summed E-state index contributed by atoms with van der Waals surface area (Å²) in [7, 11) is 0. The summed E-state index contributed by atoms with van der Waals surface area (Å²) in [5.41, 5.74) is 0.591. The van der Waals surface area contributed by atoms with Crippen LogP contribution in [0, 0.1) is 0 Å². The Morgan fingerprint density at radius 3 is 1.87 bits per heavy atom. The third-order valence-electron chi connectivity index (χ3n) is 4.24. The maximum absolute atomic E-state index is 11.6. The standard InChI is InChI=1S/C17H22O6/c1-4-11-10(7-9-14(18)19)6-8-13(12(11)5-2)17(3,15(20)21)16(22)23/h6,8H,4-5,7,9H2,1-3H3,(H,18,19)(H,20,21)(H,22,23). The molecule has 0 bridgehead atoms. The topological polar surface area (TPSA) is 112 Å². The highest BCUT2D eigenvalue weighted by Crippen LogP contribution is 2.32. The Balaban J connectivity index is 3.55. The Labute approximate surface area is 134 Å². The van der Waals surface area contributed by atoms with Gasteiger partial charge in [0.15, 0.2) is 5.41 Å². The van der Waals surface area contributed by atoms with Gasteiger partial charge in [-0.1, -0.05) is 26.0 Å². The molecule has 0 unspecified atom stereocenters. The van der Waals surface area contributed by atoms with Crippen molar-refractivity contribution in [3.05, 3.63) is 34.4 Å². The molecule has 6 nitrogen and oxygen atoms in total. The molecule has 126 valence electrons. The summed E-state index contributed by atoms with van der Waals surface area (Å²) in [6.07, 6.45) is 1.38. The molecule has 0 saturated heterocycles. The number of aliphatic carboxylic acids is 3. The third-order valence-corrected chi connectivity index (χ3v) is 4.24. The molecule has 0 aliphatic carbocycles. The molecule has 3 N–H and O–H groups in total. The maximum atomic E-state index is 11.6. The SMILES string of the molecule is CCc1c(CCC(=O)O)ccc(C(C)(C(=O)O)C(=O)O)c1CC. The molecule has 1 aromatic carbocycles. The van der Waals surface area contributed by atoms with Gasteiger partial charge in [-0.25, -0.2) is 0 Å². The summed E-state index contributed by atoms with van der Waals surface area (Å²) in [5.74, 6) is -3.74. The summed E-state index contributed by atoms with van der Waals surface area (Å²) in [6.45, 7) is 4.91. The molecule has 0 radical (unpaired) electrons. The highest BCUT2D eigenvalue weighted by molar-refractivity contribution is 6.04. The second-order valence-electron chi connectivity index (χ2n) is 5.57. The molecule has 1 rings (SSSR count). The highest BCUT2D eigenvalue weighted by atomic mass is 16.4. The first-order valence-corrected chi connectivity index (χ1v) is 7.52. The quantitative estimate of drug-likeness (QED) is 0.633.